The van der Waals surface area contributed by atoms with E-state index in [1.165, 1.54) is 27.3 Å². The molecule has 0 bridgehead atoms. The molecule has 2 aliphatic rings. The molecular formula is C20H24N2O4S2. The smallest absolute Gasteiger partial charge is 0.262 e. The first kappa shape index (κ1) is 19.6. The highest BCUT2D eigenvalue weighted by Gasteiger charge is 2.39. The van der Waals surface area contributed by atoms with Gasteiger partial charge in [0.2, 0.25) is 10.0 Å². The van der Waals surface area contributed by atoms with Gasteiger partial charge in [-0.2, -0.15) is 4.31 Å². The van der Waals surface area contributed by atoms with E-state index in [-0.39, 0.29) is 21.1 Å². The summed E-state index contributed by atoms with van der Waals surface area (Å²) in [6.45, 7) is 1.91. The highest BCUT2D eigenvalue weighted by atomic mass is 32.2. The topological polar surface area (TPSA) is 75.7 Å². The van der Waals surface area contributed by atoms with Gasteiger partial charge in [0.1, 0.15) is 9.77 Å². The maximum Gasteiger partial charge on any atom is 0.262 e. The normalized spacial score (nSPS) is 19.7. The molecule has 1 saturated carbocycles. The summed E-state index contributed by atoms with van der Waals surface area (Å²) >= 11 is 1.17. The minimum atomic E-state index is -3.69. The number of nitrogens with one attached hydrogen (secondary N) is 1. The molecule has 0 unspecified atom stereocenters. The maximum atomic E-state index is 13.0. The van der Waals surface area contributed by atoms with E-state index >= 15 is 0 Å². The van der Waals surface area contributed by atoms with Crippen LogP contribution in [0, 0.1) is 0 Å². The van der Waals surface area contributed by atoms with Gasteiger partial charge in [-0.1, -0.05) is 36.8 Å². The summed E-state index contributed by atoms with van der Waals surface area (Å²) in [7, 11) is -3.69. The second-order valence-electron chi connectivity index (χ2n) is 7.31. The molecular weight excluding hydrogens is 396 g/mol. The first-order valence-corrected chi connectivity index (χ1v) is 11.8. The van der Waals surface area contributed by atoms with Gasteiger partial charge >= 0.3 is 0 Å². The van der Waals surface area contributed by atoms with E-state index in [0.29, 0.717) is 32.8 Å². The Morgan fingerprint density at radius 2 is 1.86 bits per heavy atom. The van der Waals surface area contributed by atoms with E-state index in [0.717, 1.165) is 19.3 Å². The quantitative estimate of drug-likeness (QED) is 0.780. The highest BCUT2D eigenvalue weighted by Crippen LogP contribution is 2.43. The van der Waals surface area contributed by atoms with Crippen LogP contribution in [0.1, 0.15) is 34.5 Å². The first-order valence-electron chi connectivity index (χ1n) is 9.52. The zero-order valence-corrected chi connectivity index (χ0v) is 17.2. The number of rotatable bonds is 6. The van der Waals surface area contributed by atoms with Gasteiger partial charge in [0.05, 0.1) is 13.2 Å². The minimum Gasteiger partial charge on any atom is -0.379 e. The van der Waals surface area contributed by atoms with Crippen LogP contribution in [-0.2, 0) is 20.2 Å². The average Bonchev–Trinajstić information content (AvgIpc) is 3.19. The van der Waals surface area contributed by atoms with Crippen molar-refractivity contribution in [2.24, 2.45) is 0 Å². The summed E-state index contributed by atoms with van der Waals surface area (Å²) in [5.74, 6) is -0.316. The Labute approximate surface area is 169 Å². The highest BCUT2D eigenvalue weighted by molar-refractivity contribution is 7.89. The Bertz CT molecular complexity index is 930. The molecule has 2 aromatic rings. The molecule has 6 nitrogen and oxygen atoms in total. The summed E-state index contributed by atoms with van der Waals surface area (Å²) in [5.41, 5.74) is 1.19. The number of hydrogen-bond acceptors (Lipinski definition) is 5. The van der Waals surface area contributed by atoms with Gasteiger partial charge < -0.3 is 10.1 Å². The molecule has 0 spiro atoms. The Kier molecular flexibility index (Phi) is 5.55. The molecule has 150 valence electrons. The van der Waals surface area contributed by atoms with Gasteiger partial charge in [-0.25, -0.2) is 8.42 Å². The number of benzene rings is 1. The van der Waals surface area contributed by atoms with Crippen LogP contribution < -0.4 is 5.32 Å². The fourth-order valence-electron chi connectivity index (χ4n) is 3.88. The van der Waals surface area contributed by atoms with Crippen LogP contribution in [0.5, 0.6) is 0 Å². The van der Waals surface area contributed by atoms with Crippen LogP contribution >= 0.6 is 11.3 Å². The SMILES string of the molecule is O=C(NCC1(c2ccccc2)CCC1)c1sccc1S(=O)(=O)N1CCOCC1. The maximum absolute atomic E-state index is 13.0. The predicted octanol–water partition coefficient (Wildman–Crippen LogP) is 2.62. The summed E-state index contributed by atoms with van der Waals surface area (Å²) in [4.78, 5) is 13.2. The Hall–Kier alpha value is -1.74. The lowest BCUT2D eigenvalue weighted by Crippen LogP contribution is -2.46. The monoisotopic (exact) mass is 420 g/mol. The van der Waals surface area contributed by atoms with E-state index in [1.807, 2.05) is 18.2 Å². The fourth-order valence-corrected chi connectivity index (χ4v) is 6.61. The van der Waals surface area contributed by atoms with Crippen molar-refractivity contribution in [2.45, 2.75) is 29.6 Å². The molecule has 0 atom stereocenters. The Morgan fingerprint density at radius 1 is 1.14 bits per heavy atom. The van der Waals surface area contributed by atoms with Gasteiger partial charge in [0, 0.05) is 25.0 Å². The Morgan fingerprint density at radius 3 is 2.50 bits per heavy atom. The number of carbonyl (C=O) groups excluding carboxylic acids is 1. The van der Waals surface area contributed by atoms with E-state index in [2.05, 4.69) is 17.4 Å². The third kappa shape index (κ3) is 3.61. The van der Waals surface area contributed by atoms with Crippen molar-refractivity contribution in [1.82, 2.24) is 9.62 Å². The number of hydrogen-bond donors (Lipinski definition) is 1. The van der Waals surface area contributed by atoms with E-state index < -0.39 is 10.0 Å². The molecule has 28 heavy (non-hydrogen) atoms. The summed E-state index contributed by atoms with van der Waals surface area (Å²) in [5, 5.41) is 4.67. The van der Waals surface area contributed by atoms with Crippen molar-refractivity contribution >= 4 is 27.3 Å². The molecule has 1 N–H and O–H groups in total. The molecule has 0 radical (unpaired) electrons. The van der Waals surface area contributed by atoms with Crippen LogP contribution in [0.15, 0.2) is 46.7 Å². The molecule has 1 saturated heterocycles. The lowest BCUT2D eigenvalue weighted by Gasteiger charge is -2.42. The molecule has 8 heteroatoms. The summed E-state index contributed by atoms with van der Waals surface area (Å²) < 4.78 is 32.6. The van der Waals surface area contributed by atoms with Crippen LogP contribution in [0.4, 0.5) is 0 Å². The van der Waals surface area contributed by atoms with Crippen molar-refractivity contribution in [3.8, 4) is 0 Å². The van der Waals surface area contributed by atoms with Crippen molar-refractivity contribution in [3.05, 3.63) is 52.2 Å². The van der Waals surface area contributed by atoms with E-state index in [1.54, 1.807) is 5.38 Å². The second-order valence-corrected chi connectivity index (χ2v) is 10.1. The third-order valence-electron chi connectivity index (χ3n) is 5.71. The largest absolute Gasteiger partial charge is 0.379 e. The van der Waals surface area contributed by atoms with Gasteiger partial charge in [0.25, 0.3) is 5.91 Å². The van der Waals surface area contributed by atoms with Gasteiger partial charge in [0.15, 0.2) is 0 Å². The molecule has 1 aromatic heterocycles. The predicted molar refractivity (Wildman–Crippen MR) is 108 cm³/mol. The standard InChI is InChI=1S/C20H24N2O4S2/c23-19(21-15-20(8-4-9-20)16-5-2-1-3-6-16)18-17(7-14-27-18)28(24,25)22-10-12-26-13-11-22/h1-3,5-7,14H,4,8-13,15H2,(H,21,23). The molecule has 1 aliphatic heterocycles. The van der Waals surface area contributed by atoms with Crippen LogP contribution in [-0.4, -0.2) is 51.5 Å². The van der Waals surface area contributed by atoms with Gasteiger partial charge in [-0.15, -0.1) is 11.3 Å². The lowest BCUT2D eigenvalue weighted by atomic mass is 9.64. The van der Waals surface area contributed by atoms with Crippen molar-refractivity contribution < 1.29 is 17.9 Å². The number of thiophene rings is 1. The molecule has 1 aliphatic carbocycles. The summed E-state index contributed by atoms with van der Waals surface area (Å²) in [6.07, 6.45) is 3.20. The first-order chi connectivity index (χ1) is 13.5. The van der Waals surface area contributed by atoms with E-state index in [9.17, 15) is 13.2 Å². The molecule has 1 aromatic carbocycles. The van der Waals surface area contributed by atoms with Crippen LogP contribution in [0.2, 0.25) is 0 Å². The zero-order chi connectivity index (χ0) is 19.6. The summed E-state index contributed by atoms with van der Waals surface area (Å²) in [6, 6.07) is 11.8. The number of nitrogens with zero attached hydrogens (tertiary/aromatic N) is 1. The molecule has 2 fully saturated rings. The number of ether oxygens (including phenoxy) is 1. The van der Waals surface area contributed by atoms with Crippen molar-refractivity contribution in [3.63, 3.8) is 0 Å². The second kappa shape index (κ2) is 7.94. The van der Waals surface area contributed by atoms with Gasteiger partial charge in [-0.3, -0.25) is 4.79 Å². The Balaban J connectivity index is 1.50. The zero-order valence-electron chi connectivity index (χ0n) is 15.6. The average molecular weight is 421 g/mol. The lowest BCUT2D eigenvalue weighted by molar-refractivity contribution is 0.0730. The molecule has 1 amide bonds. The number of morpholine rings is 1. The van der Waals surface area contributed by atoms with Crippen LogP contribution in [0.3, 0.4) is 0 Å². The van der Waals surface area contributed by atoms with E-state index in [4.69, 9.17) is 4.74 Å². The fraction of sp³-hybridized carbons (Fsp3) is 0.450. The van der Waals surface area contributed by atoms with Crippen molar-refractivity contribution in [1.29, 1.82) is 0 Å². The van der Waals surface area contributed by atoms with Crippen molar-refractivity contribution in [2.75, 3.05) is 32.8 Å². The third-order valence-corrected chi connectivity index (χ3v) is 8.69. The molecule has 2 heterocycles. The minimum absolute atomic E-state index is 0.0442. The number of sulfonamides is 1. The van der Waals surface area contributed by atoms with Crippen LogP contribution in [0.25, 0.3) is 0 Å². The van der Waals surface area contributed by atoms with Gasteiger partial charge in [-0.05, 0) is 29.9 Å². The molecule has 4 rings (SSSR count). The number of carbonyl (C=O) groups is 1. The number of amides is 1.